The molecule has 0 heterocycles. The average Bonchev–Trinajstić information content (AvgIpc) is 2.28. The third-order valence-electron chi connectivity index (χ3n) is 2.23. The van der Waals surface area contributed by atoms with Gasteiger partial charge in [-0.05, 0) is 43.0 Å². The lowest BCUT2D eigenvalue weighted by Gasteiger charge is -2.08. The number of hydrogen-bond donors (Lipinski definition) is 2. The van der Waals surface area contributed by atoms with Crippen LogP contribution in [0.1, 0.15) is 12.5 Å². The van der Waals surface area contributed by atoms with E-state index in [9.17, 15) is 4.79 Å². The fraction of sp³-hybridized carbons (Fsp3) is 0.417. The minimum Gasteiger partial charge on any atom is -0.325 e. The number of carbonyl (C=O) groups excluding carboxylic acids is 1. The average molecular weight is 275 g/mol. The smallest absolute Gasteiger partial charge is 0.240 e. The first-order valence-corrected chi connectivity index (χ1v) is 6.67. The van der Waals surface area contributed by atoms with E-state index in [1.165, 1.54) is 5.56 Å². The molecule has 0 radical (unpaired) electrons. The predicted octanol–water partition coefficient (Wildman–Crippen LogP) is 2.30. The number of halogens is 1. The quantitative estimate of drug-likeness (QED) is 0.866. The second kappa shape index (κ2) is 8.39. The second-order valence-electron chi connectivity index (χ2n) is 3.72. The summed E-state index contributed by atoms with van der Waals surface area (Å²) in [6.45, 7) is 1.67. The topological polar surface area (TPSA) is 55.1 Å². The van der Waals surface area contributed by atoms with Crippen molar-refractivity contribution in [2.45, 2.75) is 19.4 Å². The summed E-state index contributed by atoms with van der Waals surface area (Å²) < 4.78 is 0. The number of benzene rings is 1. The Labute approximate surface area is 113 Å². The normalized spacial score (nSPS) is 11.5. The molecule has 0 aliphatic carbocycles. The van der Waals surface area contributed by atoms with Gasteiger partial charge in [-0.2, -0.15) is 11.8 Å². The van der Waals surface area contributed by atoms with Gasteiger partial charge in [0.15, 0.2) is 0 Å². The van der Waals surface area contributed by atoms with Gasteiger partial charge in [-0.3, -0.25) is 4.79 Å². The van der Waals surface area contributed by atoms with E-state index in [1.54, 1.807) is 6.92 Å². The van der Waals surface area contributed by atoms with Crippen LogP contribution in [-0.2, 0) is 11.2 Å². The first kappa shape index (κ1) is 16.3. The van der Waals surface area contributed by atoms with E-state index in [1.807, 2.05) is 36.0 Å². The van der Waals surface area contributed by atoms with Gasteiger partial charge in [-0.1, -0.05) is 12.1 Å². The Kier molecular flexibility index (Phi) is 8.04. The molecule has 1 aromatic carbocycles. The maximum atomic E-state index is 11.3. The summed E-state index contributed by atoms with van der Waals surface area (Å²) in [6.07, 6.45) is 3.15. The van der Waals surface area contributed by atoms with E-state index >= 15 is 0 Å². The Morgan fingerprint density at radius 1 is 1.41 bits per heavy atom. The molecule has 5 heteroatoms. The lowest BCUT2D eigenvalue weighted by molar-refractivity contribution is -0.117. The van der Waals surface area contributed by atoms with Crippen LogP contribution in [0.5, 0.6) is 0 Å². The summed E-state index contributed by atoms with van der Waals surface area (Å²) in [4.78, 5) is 11.3. The molecule has 0 bridgehead atoms. The highest BCUT2D eigenvalue weighted by Gasteiger charge is 2.06. The molecule has 1 atom stereocenters. The van der Waals surface area contributed by atoms with Crippen molar-refractivity contribution in [1.82, 2.24) is 0 Å². The molecule has 0 spiro atoms. The van der Waals surface area contributed by atoms with Crippen LogP contribution < -0.4 is 11.1 Å². The van der Waals surface area contributed by atoms with E-state index in [-0.39, 0.29) is 18.3 Å². The van der Waals surface area contributed by atoms with E-state index < -0.39 is 6.04 Å². The number of nitrogens with one attached hydrogen (secondary N) is 1. The van der Waals surface area contributed by atoms with Crippen LogP contribution >= 0.6 is 24.2 Å². The van der Waals surface area contributed by atoms with Crippen LogP contribution in [0.4, 0.5) is 5.69 Å². The molecule has 0 aliphatic heterocycles. The van der Waals surface area contributed by atoms with Gasteiger partial charge in [0, 0.05) is 5.69 Å². The molecule has 0 saturated heterocycles. The van der Waals surface area contributed by atoms with Crippen LogP contribution in [0.25, 0.3) is 0 Å². The summed E-state index contributed by atoms with van der Waals surface area (Å²) in [5.74, 6) is 0.961. The monoisotopic (exact) mass is 274 g/mol. The van der Waals surface area contributed by atoms with E-state index in [0.29, 0.717) is 0 Å². The molecule has 0 fully saturated rings. The van der Waals surface area contributed by atoms with Gasteiger partial charge in [-0.25, -0.2) is 0 Å². The lowest BCUT2D eigenvalue weighted by Crippen LogP contribution is -2.32. The standard InChI is InChI=1S/C12H18N2OS.ClH/c1-9(13)12(15)14-11-5-3-10(4-6-11)7-8-16-2;/h3-6,9H,7-8,13H2,1-2H3,(H,14,15);1H/t9-;/m1./s1. The highest BCUT2D eigenvalue weighted by atomic mass is 35.5. The first-order chi connectivity index (χ1) is 7.63. The molecule has 0 saturated carbocycles. The highest BCUT2D eigenvalue weighted by molar-refractivity contribution is 7.98. The zero-order valence-electron chi connectivity index (χ0n) is 10.1. The molecule has 3 N–H and O–H groups in total. The van der Waals surface area contributed by atoms with Crippen molar-refractivity contribution in [2.24, 2.45) is 5.73 Å². The summed E-state index contributed by atoms with van der Waals surface area (Å²) >= 11 is 1.83. The Morgan fingerprint density at radius 3 is 2.47 bits per heavy atom. The third kappa shape index (κ3) is 5.96. The van der Waals surface area contributed by atoms with Crippen molar-refractivity contribution in [3.05, 3.63) is 29.8 Å². The van der Waals surface area contributed by atoms with Gasteiger partial charge in [0.25, 0.3) is 0 Å². The van der Waals surface area contributed by atoms with Crippen LogP contribution in [-0.4, -0.2) is 24.0 Å². The van der Waals surface area contributed by atoms with Crippen molar-refractivity contribution in [2.75, 3.05) is 17.3 Å². The van der Waals surface area contributed by atoms with Gasteiger partial charge in [-0.15, -0.1) is 12.4 Å². The van der Waals surface area contributed by atoms with Crippen molar-refractivity contribution in [1.29, 1.82) is 0 Å². The minimum atomic E-state index is -0.476. The van der Waals surface area contributed by atoms with E-state index in [2.05, 4.69) is 11.6 Å². The fourth-order valence-corrected chi connectivity index (χ4v) is 1.67. The zero-order chi connectivity index (χ0) is 12.0. The number of rotatable bonds is 5. The number of hydrogen-bond acceptors (Lipinski definition) is 3. The number of carbonyl (C=O) groups is 1. The van der Waals surface area contributed by atoms with Gasteiger partial charge in [0.1, 0.15) is 0 Å². The SMILES string of the molecule is CSCCc1ccc(NC(=O)[C@@H](C)N)cc1.Cl. The first-order valence-electron chi connectivity index (χ1n) is 5.28. The number of nitrogens with two attached hydrogens (primary N) is 1. The van der Waals surface area contributed by atoms with Crippen LogP contribution in [0.2, 0.25) is 0 Å². The number of thioether (sulfide) groups is 1. The van der Waals surface area contributed by atoms with Crippen LogP contribution in [0, 0.1) is 0 Å². The summed E-state index contributed by atoms with van der Waals surface area (Å²) in [5, 5.41) is 2.76. The second-order valence-corrected chi connectivity index (χ2v) is 4.70. The Morgan fingerprint density at radius 2 is 2.00 bits per heavy atom. The molecule has 0 aliphatic rings. The van der Waals surface area contributed by atoms with Gasteiger partial charge < -0.3 is 11.1 Å². The molecular formula is C12H19ClN2OS. The molecule has 96 valence electrons. The molecular weight excluding hydrogens is 256 g/mol. The largest absolute Gasteiger partial charge is 0.325 e. The van der Waals surface area contributed by atoms with E-state index in [4.69, 9.17) is 5.73 Å². The summed E-state index contributed by atoms with van der Waals surface area (Å²) in [6, 6.07) is 7.42. The molecule has 0 aromatic heterocycles. The van der Waals surface area contributed by atoms with Gasteiger partial charge in [0.2, 0.25) is 5.91 Å². The summed E-state index contributed by atoms with van der Waals surface area (Å²) in [7, 11) is 0. The fourth-order valence-electron chi connectivity index (χ4n) is 1.23. The molecule has 17 heavy (non-hydrogen) atoms. The molecule has 1 aromatic rings. The van der Waals surface area contributed by atoms with Crippen LogP contribution in [0.3, 0.4) is 0 Å². The van der Waals surface area contributed by atoms with Crippen molar-refractivity contribution < 1.29 is 4.79 Å². The van der Waals surface area contributed by atoms with Crippen molar-refractivity contribution in [3.63, 3.8) is 0 Å². The zero-order valence-corrected chi connectivity index (χ0v) is 11.7. The van der Waals surface area contributed by atoms with Gasteiger partial charge in [0.05, 0.1) is 6.04 Å². The van der Waals surface area contributed by atoms with Crippen molar-refractivity contribution >= 4 is 35.8 Å². The maximum absolute atomic E-state index is 11.3. The summed E-state index contributed by atoms with van der Waals surface area (Å²) in [5.41, 5.74) is 7.55. The van der Waals surface area contributed by atoms with Crippen molar-refractivity contribution in [3.8, 4) is 0 Å². The third-order valence-corrected chi connectivity index (χ3v) is 2.84. The molecule has 1 rings (SSSR count). The lowest BCUT2D eigenvalue weighted by atomic mass is 10.1. The Hall–Kier alpha value is -0.710. The Bertz CT molecular complexity index is 341. The number of aryl methyl sites for hydroxylation is 1. The van der Waals surface area contributed by atoms with Crippen LogP contribution in [0.15, 0.2) is 24.3 Å². The predicted molar refractivity (Wildman–Crippen MR) is 78.1 cm³/mol. The van der Waals surface area contributed by atoms with E-state index in [0.717, 1.165) is 17.9 Å². The Balaban J connectivity index is 0.00000256. The maximum Gasteiger partial charge on any atom is 0.240 e. The number of amides is 1. The highest BCUT2D eigenvalue weighted by Crippen LogP contribution is 2.11. The molecule has 3 nitrogen and oxygen atoms in total. The molecule has 1 amide bonds. The minimum absolute atomic E-state index is 0. The molecule has 0 unspecified atom stereocenters. The van der Waals surface area contributed by atoms with Gasteiger partial charge >= 0.3 is 0 Å². The number of anilines is 1.